The van der Waals surface area contributed by atoms with Crippen LogP contribution >= 0.6 is 11.8 Å². The van der Waals surface area contributed by atoms with Gasteiger partial charge in [-0.1, -0.05) is 73.7 Å². The highest BCUT2D eigenvalue weighted by atomic mass is 32.2. The van der Waals surface area contributed by atoms with Crippen molar-refractivity contribution >= 4 is 34.1 Å². The molecule has 158 valence electrons. The van der Waals surface area contributed by atoms with Crippen molar-refractivity contribution in [2.24, 2.45) is 0 Å². The molecule has 0 saturated carbocycles. The maximum absolute atomic E-state index is 13.7. The summed E-state index contributed by atoms with van der Waals surface area (Å²) in [6.07, 6.45) is 11.5. The summed E-state index contributed by atoms with van der Waals surface area (Å²) >= 11 is 1.72. The molecule has 1 aliphatic carbocycles. The van der Waals surface area contributed by atoms with Crippen molar-refractivity contribution in [1.29, 1.82) is 0 Å². The summed E-state index contributed by atoms with van der Waals surface area (Å²) in [4.78, 5) is 18.8. The molecule has 3 nitrogen and oxygen atoms in total. The summed E-state index contributed by atoms with van der Waals surface area (Å²) in [5.41, 5.74) is 5.81. The summed E-state index contributed by atoms with van der Waals surface area (Å²) in [5, 5.41) is 4.22. The van der Waals surface area contributed by atoms with E-state index < -0.39 is 0 Å². The number of para-hydroxylation sites is 1. The number of benzene rings is 2. The van der Waals surface area contributed by atoms with Crippen LogP contribution in [0.3, 0.4) is 0 Å². The van der Waals surface area contributed by atoms with Gasteiger partial charge in [0.15, 0.2) is 0 Å². The molecule has 0 spiro atoms. The molecule has 0 fully saturated rings. The first-order valence-electron chi connectivity index (χ1n) is 10.9. The van der Waals surface area contributed by atoms with Crippen LogP contribution in [0, 0.1) is 0 Å². The number of hydrogen-bond donors (Lipinski definition) is 1. The number of rotatable bonds is 7. The predicted octanol–water partition coefficient (Wildman–Crippen LogP) is 6.71. The van der Waals surface area contributed by atoms with Crippen LogP contribution in [0.4, 0.5) is 0 Å². The molecule has 4 heteroatoms. The van der Waals surface area contributed by atoms with Crippen molar-refractivity contribution in [3.8, 4) is 0 Å². The second-order valence-corrected chi connectivity index (χ2v) is 8.61. The quantitative estimate of drug-likeness (QED) is 0.454. The molecule has 0 bridgehead atoms. The van der Waals surface area contributed by atoms with E-state index in [2.05, 4.69) is 48.9 Å². The molecular weight excluding hydrogens is 400 g/mol. The average Bonchev–Trinajstić information content (AvgIpc) is 2.83. The Labute approximate surface area is 188 Å². The Kier molecular flexibility index (Phi) is 6.88. The zero-order chi connectivity index (χ0) is 21.6. The van der Waals surface area contributed by atoms with Crippen LogP contribution in [0.1, 0.15) is 59.4 Å². The number of fused-ring (bicyclic) bond motifs is 1. The largest absolute Gasteiger partial charge is 0.345 e. The number of amides is 1. The summed E-state index contributed by atoms with van der Waals surface area (Å²) in [5.74, 6) is 0.712. The number of carbonyl (C=O) groups is 1. The average molecular weight is 429 g/mol. The van der Waals surface area contributed by atoms with Gasteiger partial charge in [-0.3, -0.25) is 4.79 Å². The Bertz CT molecular complexity index is 1130. The summed E-state index contributed by atoms with van der Waals surface area (Å²) in [6.45, 7) is 2.11. The van der Waals surface area contributed by atoms with Gasteiger partial charge in [0.25, 0.3) is 5.91 Å². The number of carbonyl (C=O) groups excluding carboxylic acids is 1. The van der Waals surface area contributed by atoms with E-state index in [9.17, 15) is 4.79 Å². The molecule has 0 radical (unpaired) electrons. The Balaban J connectivity index is 1.85. The molecule has 4 rings (SSSR count). The second kappa shape index (κ2) is 9.97. The zero-order valence-electron chi connectivity index (χ0n) is 18.1. The standard InChI is InChI=1S/C27H28N2OS/c1-3-23(19-12-6-4-7-13-19)29-27(30)25-21-16-10-11-17-24(21)28-26(22(25)18-31-2)20-14-8-5-9-15-20/h4,6-8,10-17,23H,3,5,9,18H2,1-2H3,(H,29,30). The number of thioether (sulfide) groups is 1. The second-order valence-electron chi connectivity index (χ2n) is 7.75. The van der Waals surface area contributed by atoms with Gasteiger partial charge in [0, 0.05) is 16.7 Å². The van der Waals surface area contributed by atoms with E-state index in [0.29, 0.717) is 0 Å². The van der Waals surface area contributed by atoms with Gasteiger partial charge in [0.1, 0.15) is 0 Å². The Hall–Kier alpha value is -2.85. The van der Waals surface area contributed by atoms with E-state index in [1.807, 2.05) is 42.5 Å². The zero-order valence-corrected chi connectivity index (χ0v) is 18.9. The minimum absolute atomic E-state index is 0.0278. The lowest BCUT2D eigenvalue weighted by molar-refractivity contribution is 0.0936. The Morgan fingerprint density at radius 3 is 2.58 bits per heavy atom. The van der Waals surface area contributed by atoms with Crippen LogP contribution in [-0.2, 0) is 5.75 Å². The van der Waals surface area contributed by atoms with Gasteiger partial charge in [-0.05, 0) is 42.7 Å². The van der Waals surface area contributed by atoms with Crippen molar-refractivity contribution in [3.05, 3.63) is 95.2 Å². The van der Waals surface area contributed by atoms with Crippen LogP contribution in [0.15, 0.2) is 72.8 Å². The molecule has 2 aromatic carbocycles. The molecule has 0 saturated heterocycles. The van der Waals surface area contributed by atoms with Crippen LogP contribution in [0.25, 0.3) is 16.5 Å². The molecule has 1 atom stereocenters. The van der Waals surface area contributed by atoms with E-state index in [1.54, 1.807) is 11.8 Å². The molecule has 0 aliphatic heterocycles. The van der Waals surface area contributed by atoms with Crippen LogP contribution in [-0.4, -0.2) is 17.1 Å². The number of nitrogens with one attached hydrogen (secondary N) is 1. The van der Waals surface area contributed by atoms with Gasteiger partial charge in [0.2, 0.25) is 0 Å². The minimum atomic E-state index is -0.0278. The lowest BCUT2D eigenvalue weighted by Gasteiger charge is -2.21. The topological polar surface area (TPSA) is 42.0 Å². The maximum Gasteiger partial charge on any atom is 0.252 e. The number of aromatic nitrogens is 1. The lowest BCUT2D eigenvalue weighted by Crippen LogP contribution is -2.29. The van der Waals surface area contributed by atoms with Gasteiger partial charge < -0.3 is 5.32 Å². The highest BCUT2D eigenvalue weighted by molar-refractivity contribution is 7.97. The molecule has 1 amide bonds. The number of pyridine rings is 1. The van der Waals surface area contributed by atoms with Gasteiger partial charge in [-0.2, -0.15) is 11.8 Å². The predicted molar refractivity (Wildman–Crippen MR) is 132 cm³/mol. The fourth-order valence-electron chi connectivity index (χ4n) is 4.16. The maximum atomic E-state index is 13.7. The van der Waals surface area contributed by atoms with Crippen LogP contribution in [0.2, 0.25) is 0 Å². The molecule has 1 heterocycles. The Morgan fingerprint density at radius 2 is 1.87 bits per heavy atom. The third-order valence-corrected chi connectivity index (χ3v) is 6.27. The smallest absolute Gasteiger partial charge is 0.252 e. The molecule has 31 heavy (non-hydrogen) atoms. The first-order valence-corrected chi connectivity index (χ1v) is 12.3. The first-order chi connectivity index (χ1) is 15.2. The third-order valence-electron chi connectivity index (χ3n) is 5.69. The SMILES string of the molecule is CCC(NC(=O)c1c(CSC)c(C2=CCCC=C2)nc2ccccc12)c1ccccc1. The van der Waals surface area contributed by atoms with Crippen molar-refractivity contribution in [2.75, 3.05) is 6.26 Å². The van der Waals surface area contributed by atoms with Crippen LogP contribution < -0.4 is 5.32 Å². The summed E-state index contributed by atoms with van der Waals surface area (Å²) in [6, 6.07) is 18.1. The van der Waals surface area contributed by atoms with E-state index in [-0.39, 0.29) is 11.9 Å². The van der Waals surface area contributed by atoms with Crippen molar-refractivity contribution < 1.29 is 4.79 Å². The molecule has 1 aliphatic rings. The summed E-state index contributed by atoms with van der Waals surface area (Å²) in [7, 11) is 0. The highest BCUT2D eigenvalue weighted by Crippen LogP contribution is 2.32. The molecule has 1 aromatic heterocycles. The van der Waals surface area contributed by atoms with E-state index in [4.69, 9.17) is 4.98 Å². The first kappa shape index (κ1) is 21.4. The van der Waals surface area contributed by atoms with Crippen molar-refractivity contribution in [2.45, 2.75) is 38.0 Å². The lowest BCUT2D eigenvalue weighted by atomic mass is 9.94. The van der Waals surface area contributed by atoms with E-state index >= 15 is 0 Å². The molecular formula is C27H28N2OS. The fraction of sp³-hybridized carbons (Fsp3) is 0.259. The number of nitrogens with zero attached hydrogens (tertiary/aromatic N) is 1. The Morgan fingerprint density at radius 1 is 1.10 bits per heavy atom. The van der Waals surface area contributed by atoms with E-state index in [0.717, 1.165) is 63.9 Å². The number of hydrogen-bond acceptors (Lipinski definition) is 3. The van der Waals surface area contributed by atoms with Crippen molar-refractivity contribution in [1.82, 2.24) is 10.3 Å². The third kappa shape index (κ3) is 4.59. The van der Waals surface area contributed by atoms with Gasteiger partial charge >= 0.3 is 0 Å². The molecule has 1 unspecified atom stereocenters. The van der Waals surface area contributed by atoms with E-state index in [1.165, 1.54) is 0 Å². The van der Waals surface area contributed by atoms with Gasteiger partial charge in [-0.25, -0.2) is 4.98 Å². The molecule has 1 N–H and O–H groups in total. The monoisotopic (exact) mass is 428 g/mol. The van der Waals surface area contributed by atoms with Crippen molar-refractivity contribution in [3.63, 3.8) is 0 Å². The summed E-state index contributed by atoms with van der Waals surface area (Å²) < 4.78 is 0. The van der Waals surface area contributed by atoms with Crippen LogP contribution in [0.5, 0.6) is 0 Å². The minimum Gasteiger partial charge on any atom is -0.345 e. The number of allylic oxidation sites excluding steroid dienone is 4. The molecule has 3 aromatic rings. The normalized spacial score (nSPS) is 14.3. The van der Waals surface area contributed by atoms with Gasteiger partial charge in [-0.15, -0.1) is 0 Å². The van der Waals surface area contributed by atoms with Gasteiger partial charge in [0.05, 0.1) is 22.8 Å². The fourth-order valence-corrected chi connectivity index (χ4v) is 4.73. The highest BCUT2D eigenvalue weighted by Gasteiger charge is 2.23.